The van der Waals surface area contributed by atoms with E-state index in [1.54, 1.807) is 6.07 Å². The molecule has 0 radical (unpaired) electrons. The average Bonchev–Trinajstić information content (AvgIpc) is 2.78. The predicted molar refractivity (Wildman–Crippen MR) is 133 cm³/mol. The van der Waals surface area contributed by atoms with Crippen LogP contribution < -0.4 is 16.6 Å². The molecule has 0 aliphatic rings. The van der Waals surface area contributed by atoms with Gasteiger partial charge in [-0.05, 0) is 42.8 Å². The van der Waals surface area contributed by atoms with E-state index < -0.39 is 11.2 Å². The van der Waals surface area contributed by atoms with Gasteiger partial charge in [-0.25, -0.2) is 9.78 Å². The predicted octanol–water partition coefficient (Wildman–Crippen LogP) is 3.79. The SMILES string of the molecule is Cc1cccc(/C=C/c2cc(C(=O)NCc3cn(C)c(=O)[nH]c3=O)c3cc(Br)ccc3n2)c1. The van der Waals surface area contributed by atoms with Crippen molar-refractivity contribution in [2.75, 3.05) is 0 Å². The molecule has 0 aliphatic heterocycles. The third-order valence-corrected chi connectivity index (χ3v) is 5.64. The third kappa shape index (κ3) is 5.18. The van der Waals surface area contributed by atoms with E-state index in [4.69, 9.17) is 0 Å². The van der Waals surface area contributed by atoms with E-state index in [1.807, 2.05) is 55.5 Å². The minimum absolute atomic E-state index is 0.0193. The minimum atomic E-state index is -0.525. The number of carbonyl (C=O) groups excluding carboxylic acids is 1. The van der Waals surface area contributed by atoms with Gasteiger partial charge < -0.3 is 9.88 Å². The van der Waals surface area contributed by atoms with Crippen LogP contribution in [0.15, 0.2) is 68.8 Å². The molecule has 0 aliphatic carbocycles. The van der Waals surface area contributed by atoms with Crippen LogP contribution >= 0.6 is 15.9 Å². The molecule has 1 amide bonds. The molecule has 0 saturated carbocycles. The molecule has 166 valence electrons. The largest absolute Gasteiger partial charge is 0.348 e. The Labute approximate surface area is 197 Å². The number of amides is 1. The average molecular weight is 505 g/mol. The second-order valence-corrected chi connectivity index (χ2v) is 8.63. The number of hydrogen-bond acceptors (Lipinski definition) is 4. The van der Waals surface area contributed by atoms with E-state index >= 15 is 0 Å². The summed E-state index contributed by atoms with van der Waals surface area (Å²) in [6.45, 7) is 2.01. The second kappa shape index (κ2) is 9.38. The number of hydrogen-bond donors (Lipinski definition) is 2. The zero-order chi connectivity index (χ0) is 23.5. The summed E-state index contributed by atoms with van der Waals surface area (Å²) in [4.78, 5) is 43.6. The summed E-state index contributed by atoms with van der Waals surface area (Å²) in [5.74, 6) is -0.348. The molecule has 2 aromatic carbocycles. The molecule has 0 spiro atoms. The van der Waals surface area contributed by atoms with Crippen LogP contribution in [0.1, 0.15) is 32.7 Å². The number of fused-ring (bicyclic) bond motifs is 1. The fourth-order valence-corrected chi connectivity index (χ4v) is 3.82. The first-order chi connectivity index (χ1) is 15.8. The van der Waals surface area contributed by atoms with Crippen molar-refractivity contribution < 1.29 is 4.79 Å². The Balaban J connectivity index is 1.68. The normalized spacial score (nSPS) is 11.2. The molecule has 0 saturated heterocycles. The number of aromatic nitrogens is 3. The number of rotatable bonds is 5. The maximum atomic E-state index is 13.1. The number of aryl methyl sites for hydroxylation is 2. The molecular weight excluding hydrogens is 484 g/mol. The van der Waals surface area contributed by atoms with Crippen LogP contribution in [0.2, 0.25) is 0 Å². The highest BCUT2D eigenvalue weighted by atomic mass is 79.9. The van der Waals surface area contributed by atoms with Gasteiger partial charge in [0.1, 0.15) is 0 Å². The van der Waals surface area contributed by atoms with Crippen LogP contribution in [0, 0.1) is 6.92 Å². The van der Waals surface area contributed by atoms with Gasteiger partial charge in [-0.2, -0.15) is 0 Å². The quantitative estimate of drug-likeness (QED) is 0.432. The molecule has 2 N–H and O–H groups in total. The zero-order valence-corrected chi connectivity index (χ0v) is 19.6. The number of H-pyrrole nitrogens is 1. The molecule has 2 heterocycles. The number of carbonyl (C=O) groups is 1. The fourth-order valence-electron chi connectivity index (χ4n) is 3.46. The van der Waals surface area contributed by atoms with Gasteiger partial charge >= 0.3 is 5.69 Å². The van der Waals surface area contributed by atoms with Gasteiger partial charge in [0, 0.05) is 29.6 Å². The summed E-state index contributed by atoms with van der Waals surface area (Å²) in [6, 6.07) is 15.4. The van der Waals surface area contributed by atoms with Gasteiger partial charge in [-0.15, -0.1) is 0 Å². The van der Waals surface area contributed by atoms with Gasteiger partial charge in [0.05, 0.1) is 22.3 Å². The molecule has 8 heteroatoms. The smallest absolute Gasteiger partial charge is 0.328 e. The van der Waals surface area contributed by atoms with Gasteiger partial charge in [0.15, 0.2) is 0 Å². The zero-order valence-electron chi connectivity index (χ0n) is 18.1. The molecule has 0 fully saturated rings. The third-order valence-electron chi connectivity index (χ3n) is 5.15. The second-order valence-electron chi connectivity index (χ2n) is 7.71. The number of aromatic amines is 1. The van der Waals surface area contributed by atoms with Gasteiger partial charge in [-0.3, -0.25) is 14.6 Å². The van der Waals surface area contributed by atoms with Gasteiger partial charge in [0.25, 0.3) is 11.5 Å². The van der Waals surface area contributed by atoms with E-state index in [9.17, 15) is 14.4 Å². The van der Waals surface area contributed by atoms with E-state index in [1.165, 1.54) is 17.8 Å². The van der Waals surface area contributed by atoms with Crippen LogP contribution in [0.25, 0.3) is 23.1 Å². The van der Waals surface area contributed by atoms with Crippen molar-refractivity contribution in [3.8, 4) is 0 Å². The van der Waals surface area contributed by atoms with Crippen molar-refractivity contribution in [3.63, 3.8) is 0 Å². The topological polar surface area (TPSA) is 96.9 Å². The Morgan fingerprint density at radius 1 is 1.15 bits per heavy atom. The van der Waals surface area contributed by atoms with Gasteiger partial charge in [0.2, 0.25) is 0 Å². The monoisotopic (exact) mass is 504 g/mol. The van der Waals surface area contributed by atoms with Gasteiger partial charge in [-0.1, -0.05) is 51.8 Å². The Bertz CT molecular complexity index is 1520. The van der Waals surface area contributed by atoms with Crippen LogP contribution in [0.3, 0.4) is 0 Å². The Morgan fingerprint density at radius 3 is 2.76 bits per heavy atom. The summed E-state index contributed by atoms with van der Waals surface area (Å²) in [5, 5.41) is 3.47. The fraction of sp³-hybridized carbons (Fsp3) is 0.120. The van der Waals surface area contributed by atoms with Crippen molar-refractivity contribution in [2.45, 2.75) is 13.5 Å². The van der Waals surface area contributed by atoms with Crippen LogP contribution in [0.4, 0.5) is 0 Å². The lowest BCUT2D eigenvalue weighted by atomic mass is 10.1. The van der Waals surface area contributed by atoms with Crippen molar-refractivity contribution in [2.24, 2.45) is 7.05 Å². The molecule has 4 aromatic rings. The van der Waals surface area contributed by atoms with E-state index in [2.05, 4.69) is 37.3 Å². The number of pyridine rings is 1. The lowest BCUT2D eigenvalue weighted by molar-refractivity contribution is 0.0952. The summed E-state index contributed by atoms with van der Waals surface area (Å²) in [7, 11) is 1.53. The van der Waals surface area contributed by atoms with Crippen LogP contribution in [0.5, 0.6) is 0 Å². The minimum Gasteiger partial charge on any atom is -0.348 e. The molecule has 0 unspecified atom stereocenters. The van der Waals surface area contributed by atoms with E-state index in [-0.39, 0.29) is 18.0 Å². The lowest BCUT2D eigenvalue weighted by Gasteiger charge is -2.10. The van der Waals surface area contributed by atoms with Crippen LogP contribution in [-0.4, -0.2) is 20.4 Å². The Hall–Kier alpha value is -3.78. The highest BCUT2D eigenvalue weighted by Crippen LogP contribution is 2.24. The molecular formula is C25H21BrN4O3. The summed E-state index contributed by atoms with van der Waals surface area (Å²) >= 11 is 3.45. The maximum Gasteiger partial charge on any atom is 0.328 e. The summed E-state index contributed by atoms with van der Waals surface area (Å²) < 4.78 is 2.08. The summed E-state index contributed by atoms with van der Waals surface area (Å²) in [6.07, 6.45) is 5.23. The van der Waals surface area contributed by atoms with Crippen molar-refractivity contribution in [1.82, 2.24) is 19.9 Å². The number of halogens is 1. The number of benzene rings is 2. The number of nitrogens with zero attached hydrogens (tertiary/aromatic N) is 2. The van der Waals surface area contributed by atoms with E-state index in [0.29, 0.717) is 22.2 Å². The van der Waals surface area contributed by atoms with Crippen molar-refractivity contribution in [3.05, 3.63) is 108 Å². The molecule has 4 rings (SSSR count). The molecule has 2 aromatic heterocycles. The first kappa shape index (κ1) is 22.4. The van der Waals surface area contributed by atoms with Crippen LogP contribution in [-0.2, 0) is 13.6 Å². The first-order valence-electron chi connectivity index (χ1n) is 10.2. The lowest BCUT2D eigenvalue weighted by Crippen LogP contribution is -2.33. The highest BCUT2D eigenvalue weighted by Gasteiger charge is 2.14. The molecule has 33 heavy (non-hydrogen) atoms. The summed E-state index contributed by atoms with van der Waals surface area (Å²) in [5.41, 5.74) is 3.18. The highest BCUT2D eigenvalue weighted by molar-refractivity contribution is 9.10. The number of nitrogens with one attached hydrogen (secondary N) is 2. The van der Waals surface area contributed by atoms with E-state index in [0.717, 1.165) is 15.6 Å². The molecule has 0 atom stereocenters. The molecule has 0 bridgehead atoms. The van der Waals surface area contributed by atoms with Crippen molar-refractivity contribution >= 4 is 44.9 Å². The first-order valence-corrected chi connectivity index (χ1v) is 11.0. The standard InChI is InChI=1S/C25H21BrN4O3/c1-15-4-3-5-16(10-15)6-8-19-12-21(20-11-18(26)7-9-22(20)28-19)24(32)27-13-17-14-30(2)25(33)29-23(17)31/h3-12,14H,13H2,1-2H3,(H,27,32)(H,29,31,33)/b8-6+. The molecule has 7 nitrogen and oxygen atoms in total. The van der Waals surface area contributed by atoms with Crippen molar-refractivity contribution in [1.29, 1.82) is 0 Å². The Morgan fingerprint density at radius 2 is 1.97 bits per heavy atom. The Kier molecular flexibility index (Phi) is 6.37. The maximum absolute atomic E-state index is 13.1.